The van der Waals surface area contributed by atoms with Crippen LogP contribution in [0, 0.1) is 0 Å². The largest absolute Gasteiger partial charge is 0.346 e. The topological polar surface area (TPSA) is 64.3 Å². The van der Waals surface area contributed by atoms with Gasteiger partial charge in [-0.25, -0.2) is 10.4 Å². The molecule has 1 aliphatic rings. The zero-order valence-electron chi connectivity index (χ0n) is 13.9. The first-order chi connectivity index (χ1) is 11.7. The van der Waals surface area contributed by atoms with Crippen molar-refractivity contribution >= 4 is 22.6 Å². The second-order valence-electron chi connectivity index (χ2n) is 5.40. The van der Waals surface area contributed by atoms with E-state index >= 15 is 0 Å². The molecule has 1 aliphatic heterocycles. The molecule has 1 amide bonds. The van der Waals surface area contributed by atoms with Crippen LogP contribution >= 0.6 is 0 Å². The average molecular weight is 323 g/mol. The van der Waals surface area contributed by atoms with E-state index in [1.54, 1.807) is 11.1 Å². The summed E-state index contributed by atoms with van der Waals surface area (Å²) in [6.07, 6.45) is 13.7. The molecule has 24 heavy (non-hydrogen) atoms. The Balaban J connectivity index is 1.93. The minimum atomic E-state index is 0.0118. The van der Waals surface area contributed by atoms with E-state index in [1.165, 1.54) is 0 Å². The van der Waals surface area contributed by atoms with Crippen LogP contribution in [-0.2, 0) is 4.79 Å². The minimum absolute atomic E-state index is 0.0118. The summed E-state index contributed by atoms with van der Waals surface area (Å²) in [6.45, 7) is 2.59. The van der Waals surface area contributed by atoms with Crippen molar-refractivity contribution in [2.45, 2.75) is 13.3 Å². The van der Waals surface area contributed by atoms with Gasteiger partial charge in [-0.05, 0) is 24.6 Å². The molecule has 6 heteroatoms. The quantitative estimate of drug-likeness (QED) is 0.656. The standard InChI is InChI=1S/C18H21N5O/c1-3-14(18(24)22-11-5-4-6-12-22)13-23(19-2)16-8-10-21-17-15(16)7-9-20-17/h4-11,13,19H,3,12H2,1-2H3,(H,20,21)/b14-13+. The van der Waals surface area contributed by atoms with Crippen molar-refractivity contribution in [1.29, 1.82) is 0 Å². The molecule has 2 aromatic heterocycles. The van der Waals surface area contributed by atoms with Crippen LogP contribution in [0.15, 0.2) is 60.7 Å². The van der Waals surface area contributed by atoms with Crippen LogP contribution in [0.2, 0.25) is 0 Å². The highest BCUT2D eigenvalue weighted by atomic mass is 16.2. The van der Waals surface area contributed by atoms with Gasteiger partial charge in [0, 0.05) is 49.3 Å². The molecular formula is C18H21N5O. The van der Waals surface area contributed by atoms with Crippen LogP contribution in [0.25, 0.3) is 11.0 Å². The van der Waals surface area contributed by atoms with E-state index in [-0.39, 0.29) is 5.91 Å². The summed E-state index contributed by atoms with van der Waals surface area (Å²) < 4.78 is 0. The van der Waals surface area contributed by atoms with Gasteiger partial charge < -0.3 is 9.88 Å². The molecule has 0 bridgehead atoms. The van der Waals surface area contributed by atoms with Gasteiger partial charge in [0.15, 0.2) is 0 Å². The number of nitrogens with one attached hydrogen (secondary N) is 2. The molecule has 6 nitrogen and oxygen atoms in total. The van der Waals surface area contributed by atoms with Crippen LogP contribution in [0.4, 0.5) is 5.69 Å². The number of nitrogens with zero attached hydrogens (tertiary/aromatic N) is 3. The van der Waals surface area contributed by atoms with Crippen molar-refractivity contribution in [3.63, 3.8) is 0 Å². The highest BCUT2D eigenvalue weighted by molar-refractivity contribution is 5.95. The summed E-state index contributed by atoms with van der Waals surface area (Å²) in [4.78, 5) is 21.8. The first kappa shape index (κ1) is 16.0. The highest BCUT2D eigenvalue weighted by Gasteiger charge is 2.17. The fourth-order valence-corrected chi connectivity index (χ4v) is 2.67. The minimum Gasteiger partial charge on any atom is -0.346 e. The number of fused-ring (bicyclic) bond motifs is 1. The molecule has 3 heterocycles. The summed E-state index contributed by atoms with van der Waals surface area (Å²) in [5.74, 6) is 0.0118. The molecule has 0 radical (unpaired) electrons. The number of pyridine rings is 1. The molecule has 0 fully saturated rings. The van der Waals surface area contributed by atoms with Crippen molar-refractivity contribution in [1.82, 2.24) is 20.3 Å². The Morgan fingerprint density at radius 1 is 1.46 bits per heavy atom. The molecule has 0 spiro atoms. The lowest BCUT2D eigenvalue weighted by Gasteiger charge is -2.24. The molecule has 124 valence electrons. The number of aromatic nitrogens is 2. The summed E-state index contributed by atoms with van der Waals surface area (Å²) in [6, 6.07) is 3.89. The van der Waals surface area contributed by atoms with E-state index in [0.29, 0.717) is 13.0 Å². The Kier molecular flexibility index (Phi) is 4.77. The fourth-order valence-electron chi connectivity index (χ4n) is 2.67. The molecule has 0 aliphatic carbocycles. The third-order valence-electron chi connectivity index (χ3n) is 3.95. The van der Waals surface area contributed by atoms with Crippen molar-refractivity contribution in [3.8, 4) is 0 Å². The first-order valence-corrected chi connectivity index (χ1v) is 7.98. The van der Waals surface area contributed by atoms with E-state index < -0.39 is 0 Å². The van der Waals surface area contributed by atoms with Crippen molar-refractivity contribution in [3.05, 3.63) is 60.7 Å². The van der Waals surface area contributed by atoms with Gasteiger partial charge in [-0.15, -0.1) is 0 Å². The predicted octanol–water partition coefficient (Wildman–Crippen LogP) is 2.71. The lowest BCUT2D eigenvalue weighted by Crippen LogP contribution is -2.33. The van der Waals surface area contributed by atoms with Crippen molar-refractivity contribution < 1.29 is 4.79 Å². The lowest BCUT2D eigenvalue weighted by atomic mass is 10.1. The number of anilines is 1. The van der Waals surface area contributed by atoms with E-state index in [9.17, 15) is 4.79 Å². The third kappa shape index (κ3) is 3.09. The highest BCUT2D eigenvalue weighted by Crippen LogP contribution is 2.24. The number of hydrazine groups is 1. The second-order valence-corrected chi connectivity index (χ2v) is 5.40. The summed E-state index contributed by atoms with van der Waals surface area (Å²) in [5.41, 5.74) is 5.62. The molecule has 0 saturated heterocycles. The Morgan fingerprint density at radius 3 is 3.04 bits per heavy atom. The van der Waals surface area contributed by atoms with Gasteiger partial charge in [-0.2, -0.15) is 0 Å². The van der Waals surface area contributed by atoms with Crippen LogP contribution in [0.1, 0.15) is 13.3 Å². The first-order valence-electron chi connectivity index (χ1n) is 7.98. The maximum atomic E-state index is 12.7. The number of allylic oxidation sites excluding steroid dienone is 2. The number of aromatic amines is 1. The summed E-state index contributed by atoms with van der Waals surface area (Å²) in [5, 5.41) is 2.85. The van der Waals surface area contributed by atoms with Gasteiger partial charge in [0.05, 0.1) is 5.69 Å². The molecule has 0 atom stereocenters. The normalized spacial score (nSPS) is 14.4. The smallest absolute Gasteiger partial charge is 0.255 e. The van der Waals surface area contributed by atoms with Crippen LogP contribution < -0.4 is 10.4 Å². The number of rotatable bonds is 5. The van der Waals surface area contributed by atoms with Crippen molar-refractivity contribution in [2.75, 3.05) is 18.6 Å². The molecule has 0 unspecified atom stereocenters. The van der Waals surface area contributed by atoms with E-state index in [1.807, 2.05) is 67.9 Å². The van der Waals surface area contributed by atoms with Gasteiger partial charge in [-0.1, -0.05) is 19.1 Å². The van der Waals surface area contributed by atoms with Crippen LogP contribution in [0.3, 0.4) is 0 Å². The van der Waals surface area contributed by atoms with Crippen LogP contribution in [0.5, 0.6) is 0 Å². The number of carbonyl (C=O) groups excluding carboxylic acids is 1. The number of H-pyrrole nitrogens is 1. The van der Waals surface area contributed by atoms with Gasteiger partial charge in [0.1, 0.15) is 5.65 Å². The van der Waals surface area contributed by atoms with Gasteiger partial charge in [0.25, 0.3) is 5.91 Å². The number of carbonyl (C=O) groups is 1. The van der Waals surface area contributed by atoms with E-state index in [0.717, 1.165) is 22.3 Å². The summed E-state index contributed by atoms with van der Waals surface area (Å²) >= 11 is 0. The third-order valence-corrected chi connectivity index (χ3v) is 3.95. The Morgan fingerprint density at radius 2 is 2.33 bits per heavy atom. The zero-order chi connectivity index (χ0) is 16.9. The number of amides is 1. The molecule has 0 aromatic carbocycles. The fraction of sp³-hybridized carbons (Fsp3) is 0.222. The van der Waals surface area contributed by atoms with E-state index in [2.05, 4.69) is 15.4 Å². The second kappa shape index (κ2) is 7.14. The predicted molar refractivity (Wildman–Crippen MR) is 96.0 cm³/mol. The molecular weight excluding hydrogens is 302 g/mol. The maximum absolute atomic E-state index is 12.7. The van der Waals surface area contributed by atoms with Crippen molar-refractivity contribution in [2.24, 2.45) is 0 Å². The Hall–Kier alpha value is -2.86. The Labute approximate surface area is 141 Å². The Bertz CT molecular complexity index is 818. The van der Waals surface area contributed by atoms with Gasteiger partial charge in [-0.3, -0.25) is 9.80 Å². The number of hydrogen-bond donors (Lipinski definition) is 2. The lowest BCUT2D eigenvalue weighted by molar-refractivity contribution is -0.124. The SMILES string of the molecule is CC/C(=C\N(NC)c1ccnc2[nH]ccc12)C(=O)N1C=CC=CC1. The zero-order valence-corrected chi connectivity index (χ0v) is 13.9. The van der Waals surface area contributed by atoms with E-state index in [4.69, 9.17) is 0 Å². The molecule has 2 aromatic rings. The molecule has 0 saturated carbocycles. The van der Waals surface area contributed by atoms with Gasteiger partial charge in [0.2, 0.25) is 0 Å². The average Bonchev–Trinajstić information content (AvgIpc) is 3.12. The monoisotopic (exact) mass is 323 g/mol. The van der Waals surface area contributed by atoms with Gasteiger partial charge >= 0.3 is 0 Å². The number of hydrogen-bond acceptors (Lipinski definition) is 4. The summed E-state index contributed by atoms with van der Waals surface area (Å²) in [7, 11) is 1.83. The molecule has 3 rings (SSSR count). The molecule has 2 N–H and O–H groups in total. The van der Waals surface area contributed by atoms with Crippen LogP contribution in [-0.4, -0.2) is 34.4 Å². The maximum Gasteiger partial charge on any atom is 0.255 e.